The Balaban J connectivity index is 1.89. The van der Waals surface area contributed by atoms with Gasteiger partial charge in [0.15, 0.2) is 0 Å². The average Bonchev–Trinajstić information content (AvgIpc) is 3.14. The van der Waals surface area contributed by atoms with Crippen LogP contribution >= 0.6 is 11.6 Å². The number of nitrogens with zero attached hydrogens (tertiary/aromatic N) is 1. The summed E-state index contributed by atoms with van der Waals surface area (Å²) < 4.78 is 0. The number of carbonyl (C=O) groups excluding carboxylic acids is 3. The maximum atomic E-state index is 12.9. The molecule has 5 nitrogen and oxygen atoms in total. The Kier molecular flexibility index (Phi) is 2.63. The summed E-state index contributed by atoms with van der Waals surface area (Å²) in [6.07, 6.45) is 0. The Morgan fingerprint density at radius 1 is 1.04 bits per heavy atom. The molecule has 3 atom stereocenters. The van der Waals surface area contributed by atoms with E-state index < -0.39 is 17.4 Å². The summed E-state index contributed by atoms with van der Waals surface area (Å²) in [7, 11) is 1.49. The van der Waals surface area contributed by atoms with Crippen molar-refractivity contribution >= 4 is 29.3 Å². The van der Waals surface area contributed by atoms with Gasteiger partial charge in [-0.3, -0.25) is 19.3 Å². The van der Waals surface area contributed by atoms with Gasteiger partial charge >= 0.3 is 0 Å². The minimum absolute atomic E-state index is 0.230. The number of imide groups is 1. The number of benzene rings is 2. The van der Waals surface area contributed by atoms with Gasteiger partial charge in [-0.1, -0.05) is 35.9 Å². The SMILES string of the molecule is CN1C(=O)C2c3cc(Cl)ccc3C3(NC(=O)c4ccccc43)C2C1=O. The molecule has 2 aromatic carbocycles. The summed E-state index contributed by atoms with van der Waals surface area (Å²) >= 11 is 6.16. The Morgan fingerprint density at radius 3 is 2.60 bits per heavy atom. The van der Waals surface area contributed by atoms with Crippen LogP contribution in [-0.2, 0) is 15.1 Å². The monoisotopic (exact) mass is 352 g/mol. The van der Waals surface area contributed by atoms with Gasteiger partial charge in [0.05, 0.1) is 11.8 Å². The molecule has 25 heavy (non-hydrogen) atoms. The van der Waals surface area contributed by atoms with E-state index in [-0.39, 0.29) is 17.7 Å². The molecule has 1 saturated heterocycles. The highest BCUT2D eigenvalue weighted by Gasteiger charge is 2.66. The second-order valence-electron chi connectivity index (χ2n) is 6.73. The van der Waals surface area contributed by atoms with Gasteiger partial charge in [0, 0.05) is 17.6 Å². The van der Waals surface area contributed by atoms with Gasteiger partial charge in [-0.15, -0.1) is 0 Å². The lowest BCUT2D eigenvalue weighted by molar-refractivity contribution is -0.138. The van der Waals surface area contributed by atoms with Crippen molar-refractivity contribution in [2.24, 2.45) is 5.92 Å². The highest BCUT2D eigenvalue weighted by molar-refractivity contribution is 6.30. The molecular formula is C19H13ClN2O3. The van der Waals surface area contributed by atoms with Crippen LogP contribution in [0.1, 0.15) is 33.0 Å². The molecule has 1 fully saturated rings. The lowest BCUT2D eigenvalue weighted by Crippen LogP contribution is -2.48. The van der Waals surface area contributed by atoms with E-state index >= 15 is 0 Å². The summed E-state index contributed by atoms with van der Waals surface area (Å²) in [6, 6.07) is 12.5. The van der Waals surface area contributed by atoms with Gasteiger partial charge in [0.2, 0.25) is 11.8 Å². The molecule has 2 aromatic rings. The van der Waals surface area contributed by atoms with Crippen molar-refractivity contribution in [3.05, 3.63) is 69.7 Å². The molecule has 1 spiro atoms. The Hall–Kier alpha value is -2.66. The molecule has 0 saturated carbocycles. The van der Waals surface area contributed by atoms with Crippen LogP contribution in [0, 0.1) is 5.92 Å². The topological polar surface area (TPSA) is 66.5 Å². The lowest BCUT2D eigenvalue weighted by atomic mass is 9.77. The smallest absolute Gasteiger partial charge is 0.252 e. The van der Waals surface area contributed by atoms with Crippen LogP contribution in [0.3, 0.4) is 0 Å². The summed E-state index contributed by atoms with van der Waals surface area (Å²) in [5, 5.41) is 3.53. The molecule has 0 bridgehead atoms. The van der Waals surface area contributed by atoms with E-state index in [1.165, 1.54) is 7.05 Å². The summed E-state index contributed by atoms with van der Waals surface area (Å²) in [5.41, 5.74) is 1.76. The maximum absolute atomic E-state index is 12.9. The van der Waals surface area contributed by atoms with Crippen molar-refractivity contribution in [2.75, 3.05) is 7.05 Å². The van der Waals surface area contributed by atoms with Crippen molar-refractivity contribution in [2.45, 2.75) is 11.5 Å². The fourth-order valence-electron chi connectivity index (χ4n) is 4.67. The highest BCUT2D eigenvalue weighted by atomic mass is 35.5. The zero-order chi connectivity index (χ0) is 17.5. The van der Waals surface area contributed by atoms with Crippen LogP contribution in [0.4, 0.5) is 0 Å². The molecular weight excluding hydrogens is 340 g/mol. The lowest BCUT2D eigenvalue weighted by Gasteiger charge is -2.32. The van der Waals surface area contributed by atoms with Gasteiger partial charge in [0.1, 0.15) is 5.54 Å². The fraction of sp³-hybridized carbons (Fsp3) is 0.211. The number of likely N-dealkylation sites (tertiary alicyclic amines) is 1. The average molecular weight is 353 g/mol. The van der Waals surface area contributed by atoms with Crippen LogP contribution in [0.5, 0.6) is 0 Å². The van der Waals surface area contributed by atoms with E-state index in [0.717, 1.165) is 21.6 Å². The number of hydrogen-bond donors (Lipinski definition) is 1. The van der Waals surface area contributed by atoms with Crippen LogP contribution in [-0.4, -0.2) is 29.7 Å². The van der Waals surface area contributed by atoms with E-state index in [4.69, 9.17) is 11.6 Å². The largest absolute Gasteiger partial charge is 0.337 e. The number of fused-ring (bicyclic) bond motifs is 7. The van der Waals surface area contributed by atoms with Crippen LogP contribution in [0.2, 0.25) is 5.02 Å². The molecule has 2 heterocycles. The third kappa shape index (κ3) is 1.53. The van der Waals surface area contributed by atoms with Gasteiger partial charge in [-0.05, 0) is 34.9 Å². The van der Waals surface area contributed by atoms with Gasteiger partial charge < -0.3 is 5.32 Å². The third-order valence-electron chi connectivity index (χ3n) is 5.67. The standard InChI is InChI=1S/C19H13ClN2O3/c1-22-17(24)14-11-8-9(20)6-7-13(11)19(15(14)18(22)25)12-5-3-2-4-10(12)16(23)21-19/h2-8,14-15H,1H3,(H,21,23). The molecule has 6 heteroatoms. The number of nitrogens with one attached hydrogen (secondary N) is 1. The quantitative estimate of drug-likeness (QED) is 0.738. The van der Waals surface area contributed by atoms with E-state index in [1.807, 2.05) is 18.2 Å². The zero-order valence-corrected chi connectivity index (χ0v) is 14.0. The number of likely N-dealkylation sites (N-methyl/N-ethyl adjacent to an activating group) is 1. The van der Waals surface area contributed by atoms with Crippen LogP contribution in [0.25, 0.3) is 0 Å². The summed E-state index contributed by atoms with van der Waals surface area (Å²) in [4.78, 5) is 39.5. The first-order valence-corrected chi connectivity index (χ1v) is 8.38. The predicted molar refractivity (Wildman–Crippen MR) is 90.1 cm³/mol. The maximum Gasteiger partial charge on any atom is 0.252 e. The number of carbonyl (C=O) groups is 3. The molecule has 3 unspecified atom stereocenters. The number of hydrogen-bond acceptors (Lipinski definition) is 3. The third-order valence-corrected chi connectivity index (χ3v) is 5.91. The van der Waals surface area contributed by atoms with E-state index in [0.29, 0.717) is 10.6 Å². The Labute approximate surface area is 148 Å². The fourth-order valence-corrected chi connectivity index (χ4v) is 4.85. The van der Waals surface area contributed by atoms with E-state index in [9.17, 15) is 14.4 Å². The van der Waals surface area contributed by atoms with Crippen LogP contribution < -0.4 is 5.32 Å². The molecule has 1 N–H and O–H groups in total. The van der Waals surface area contributed by atoms with E-state index in [2.05, 4.69) is 5.32 Å². The van der Waals surface area contributed by atoms with Crippen molar-refractivity contribution < 1.29 is 14.4 Å². The first-order chi connectivity index (χ1) is 12.0. The number of rotatable bonds is 0. The molecule has 0 aromatic heterocycles. The molecule has 124 valence electrons. The number of halogens is 1. The molecule has 0 radical (unpaired) electrons. The van der Waals surface area contributed by atoms with Crippen molar-refractivity contribution in [3.8, 4) is 0 Å². The second-order valence-corrected chi connectivity index (χ2v) is 7.17. The second kappa shape index (κ2) is 4.49. The minimum atomic E-state index is -1.02. The molecule has 2 aliphatic heterocycles. The molecule has 3 amide bonds. The summed E-state index contributed by atoms with van der Waals surface area (Å²) in [6.45, 7) is 0. The first-order valence-electron chi connectivity index (χ1n) is 8.00. The van der Waals surface area contributed by atoms with Gasteiger partial charge in [0.25, 0.3) is 5.91 Å². The van der Waals surface area contributed by atoms with Crippen LogP contribution in [0.15, 0.2) is 42.5 Å². The molecule has 5 rings (SSSR count). The normalized spacial score (nSPS) is 29.0. The Morgan fingerprint density at radius 2 is 1.80 bits per heavy atom. The first kappa shape index (κ1) is 14.7. The Bertz CT molecular complexity index is 1000. The highest BCUT2D eigenvalue weighted by Crippen LogP contribution is 2.58. The predicted octanol–water partition coefficient (Wildman–Crippen LogP) is 2.04. The van der Waals surface area contributed by atoms with Crippen molar-refractivity contribution in [1.82, 2.24) is 10.2 Å². The molecule has 3 aliphatic rings. The zero-order valence-electron chi connectivity index (χ0n) is 13.2. The summed E-state index contributed by atoms with van der Waals surface area (Å²) in [5.74, 6) is -2.08. The van der Waals surface area contributed by atoms with Gasteiger partial charge in [-0.25, -0.2) is 0 Å². The van der Waals surface area contributed by atoms with Gasteiger partial charge in [-0.2, -0.15) is 0 Å². The minimum Gasteiger partial charge on any atom is -0.337 e. The molecule has 1 aliphatic carbocycles. The van der Waals surface area contributed by atoms with Crippen molar-refractivity contribution in [3.63, 3.8) is 0 Å². The number of amides is 3. The van der Waals surface area contributed by atoms with Crippen molar-refractivity contribution in [1.29, 1.82) is 0 Å². The van der Waals surface area contributed by atoms with E-state index in [1.54, 1.807) is 24.3 Å².